The second-order valence-electron chi connectivity index (χ2n) is 5.35. The van der Waals surface area contributed by atoms with Crippen LogP contribution in [0, 0.1) is 11.7 Å². The molecule has 1 saturated heterocycles. The SMILES string of the molecule is Cl.NCCC1CCCN(CC(=O)Nc2ccccc2F)C1. The lowest BCUT2D eigenvalue weighted by molar-refractivity contribution is -0.117. The number of para-hydroxylation sites is 1. The van der Waals surface area contributed by atoms with E-state index in [0.29, 0.717) is 19.0 Å². The molecule has 0 saturated carbocycles. The number of rotatable bonds is 5. The van der Waals surface area contributed by atoms with E-state index in [4.69, 9.17) is 5.73 Å². The molecule has 4 nitrogen and oxygen atoms in total. The average Bonchev–Trinajstić information content (AvgIpc) is 2.42. The third kappa shape index (κ3) is 5.61. The maximum Gasteiger partial charge on any atom is 0.238 e. The highest BCUT2D eigenvalue weighted by Gasteiger charge is 2.21. The number of piperidine rings is 1. The lowest BCUT2D eigenvalue weighted by Gasteiger charge is -2.32. The first kappa shape index (κ1) is 17.9. The molecule has 1 heterocycles. The molecule has 0 bridgehead atoms. The molecule has 1 aliphatic heterocycles. The number of nitrogens with zero attached hydrogens (tertiary/aromatic N) is 1. The Morgan fingerprint density at radius 2 is 2.19 bits per heavy atom. The summed E-state index contributed by atoms with van der Waals surface area (Å²) in [5.41, 5.74) is 5.83. The Hall–Kier alpha value is -1.17. The standard InChI is InChI=1S/C15H22FN3O.ClH/c16-13-5-1-2-6-14(13)18-15(20)11-19-9-3-4-12(10-19)7-8-17;/h1-2,5-6,12H,3-4,7-11,17H2,(H,18,20);1H. The van der Waals surface area contributed by atoms with Crippen LogP contribution in [0.15, 0.2) is 24.3 Å². The zero-order chi connectivity index (χ0) is 14.4. The Morgan fingerprint density at radius 1 is 1.43 bits per heavy atom. The number of amides is 1. The number of halogens is 2. The highest BCUT2D eigenvalue weighted by molar-refractivity contribution is 5.92. The minimum absolute atomic E-state index is 0. The van der Waals surface area contributed by atoms with Gasteiger partial charge in [-0.3, -0.25) is 9.69 Å². The van der Waals surface area contributed by atoms with Crippen LogP contribution in [0.3, 0.4) is 0 Å². The fourth-order valence-corrected chi connectivity index (χ4v) is 2.72. The second-order valence-corrected chi connectivity index (χ2v) is 5.35. The molecule has 6 heteroatoms. The summed E-state index contributed by atoms with van der Waals surface area (Å²) in [5, 5.41) is 2.62. The Morgan fingerprint density at radius 3 is 2.90 bits per heavy atom. The number of nitrogens with one attached hydrogen (secondary N) is 1. The first-order valence-electron chi connectivity index (χ1n) is 7.16. The lowest BCUT2D eigenvalue weighted by atomic mass is 9.95. The summed E-state index contributed by atoms with van der Waals surface area (Å²) in [6.45, 7) is 2.84. The molecule has 0 radical (unpaired) electrons. The first-order chi connectivity index (χ1) is 9.69. The van der Waals surface area contributed by atoms with E-state index in [-0.39, 0.29) is 24.0 Å². The lowest BCUT2D eigenvalue weighted by Crippen LogP contribution is -2.41. The van der Waals surface area contributed by atoms with E-state index in [1.165, 1.54) is 12.5 Å². The van der Waals surface area contributed by atoms with Crippen LogP contribution >= 0.6 is 12.4 Å². The van der Waals surface area contributed by atoms with Gasteiger partial charge >= 0.3 is 0 Å². The Bertz CT molecular complexity index is 456. The zero-order valence-corrected chi connectivity index (χ0v) is 12.9. The second kappa shape index (κ2) is 8.97. The van der Waals surface area contributed by atoms with Crippen LogP contribution in [-0.2, 0) is 4.79 Å². The van der Waals surface area contributed by atoms with Crippen LogP contribution in [0.5, 0.6) is 0 Å². The van der Waals surface area contributed by atoms with Gasteiger partial charge in [-0.05, 0) is 50.4 Å². The number of hydrogen-bond acceptors (Lipinski definition) is 3. The Balaban J connectivity index is 0.00000220. The van der Waals surface area contributed by atoms with E-state index in [2.05, 4.69) is 10.2 Å². The normalized spacial score (nSPS) is 18.9. The molecule has 0 aliphatic carbocycles. The topological polar surface area (TPSA) is 58.4 Å². The highest BCUT2D eigenvalue weighted by Crippen LogP contribution is 2.19. The van der Waals surface area contributed by atoms with Gasteiger partial charge in [-0.15, -0.1) is 12.4 Å². The molecule has 1 aliphatic rings. The van der Waals surface area contributed by atoms with Crippen molar-refractivity contribution in [3.8, 4) is 0 Å². The van der Waals surface area contributed by atoms with E-state index in [1.807, 2.05) is 0 Å². The average molecular weight is 316 g/mol. The fourth-order valence-electron chi connectivity index (χ4n) is 2.72. The van der Waals surface area contributed by atoms with Crippen molar-refractivity contribution < 1.29 is 9.18 Å². The third-order valence-corrected chi connectivity index (χ3v) is 3.69. The van der Waals surface area contributed by atoms with E-state index in [1.54, 1.807) is 18.2 Å². The summed E-state index contributed by atoms with van der Waals surface area (Å²) in [6, 6.07) is 6.22. The van der Waals surface area contributed by atoms with Crippen LogP contribution in [0.2, 0.25) is 0 Å². The molecule has 1 aromatic rings. The van der Waals surface area contributed by atoms with Crippen molar-refractivity contribution in [2.45, 2.75) is 19.3 Å². The molecule has 0 aromatic heterocycles. The number of hydrogen-bond donors (Lipinski definition) is 2. The predicted octanol–water partition coefficient (Wildman–Crippen LogP) is 2.25. The zero-order valence-electron chi connectivity index (χ0n) is 12.1. The van der Waals surface area contributed by atoms with E-state index < -0.39 is 5.82 Å². The molecule has 0 spiro atoms. The van der Waals surface area contributed by atoms with Gasteiger partial charge in [0.05, 0.1) is 12.2 Å². The van der Waals surface area contributed by atoms with Gasteiger partial charge in [0, 0.05) is 6.54 Å². The molecule has 21 heavy (non-hydrogen) atoms. The summed E-state index contributed by atoms with van der Waals surface area (Å²) < 4.78 is 13.4. The van der Waals surface area contributed by atoms with E-state index in [0.717, 1.165) is 25.9 Å². The summed E-state index contributed by atoms with van der Waals surface area (Å²) in [7, 11) is 0. The number of benzene rings is 1. The Labute approximate surface area is 131 Å². The van der Waals surface area contributed by atoms with Gasteiger partial charge in [-0.25, -0.2) is 4.39 Å². The summed E-state index contributed by atoms with van der Waals surface area (Å²) in [4.78, 5) is 14.1. The van der Waals surface area contributed by atoms with Crippen LogP contribution in [0.1, 0.15) is 19.3 Å². The molecule has 1 amide bonds. The highest BCUT2D eigenvalue weighted by atomic mass is 35.5. The third-order valence-electron chi connectivity index (χ3n) is 3.69. The van der Waals surface area contributed by atoms with Crippen LogP contribution in [-0.4, -0.2) is 37.0 Å². The van der Waals surface area contributed by atoms with Gasteiger partial charge in [0.2, 0.25) is 5.91 Å². The number of likely N-dealkylation sites (tertiary alicyclic amines) is 1. The predicted molar refractivity (Wildman–Crippen MR) is 85.1 cm³/mol. The summed E-state index contributed by atoms with van der Waals surface area (Å²) >= 11 is 0. The van der Waals surface area contributed by atoms with Crippen LogP contribution < -0.4 is 11.1 Å². The van der Waals surface area contributed by atoms with Crippen molar-refractivity contribution in [2.75, 3.05) is 31.5 Å². The minimum Gasteiger partial charge on any atom is -0.330 e. The molecule has 1 atom stereocenters. The van der Waals surface area contributed by atoms with Crippen molar-refractivity contribution >= 4 is 24.0 Å². The van der Waals surface area contributed by atoms with Crippen molar-refractivity contribution in [3.63, 3.8) is 0 Å². The molecular weight excluding hydrogens is 293 g/mol. The minimum atomic E-state index is -0.402. The summed E-state index contributed by atoms with van der Waals surface area (Å²) in [5.74, 6) is 0.0130. The molecule has 1 unspecified atom stereocenters. The van der Waals surface area contributed by atoms with Gasteiger partial charge in [-0.1, -0.05) is 12.1 Å². The quantitative estimate of drug-likeness (QED) is 0.876. The number of anilines is 1. The molecule has 1 aromatic carbocycles. The monoisotopic (exact) mass is 315 g/mol. The van der Waals surface area contributed by atoms with E-state index in [9.17, 15) is 9.18 Å². The first-order valence-corrected chi connectivity index (χ1v) is 7.16. The molecular formula is C15H23ClFN3O. The van der Waals surface area contributed by atoms with Gasteiger partial charge in [-0.2, -0.15) is 0 Å². The van der Waals surface area contributed by atoms with Crippen molar-refractivity contribution in [3.05, 3.63) is 30.1 Å². The maximum absolute atomic E-state index is 13.4. The number of carbonyl (C=O) groups excluding carboxylic acids is 1. The largest absolute Gasteiger partial charge is 0.330 e. The number of nitrogens with two attached hydrogens (primary N) is 1. The van der Waals surface area contributed by atoms with Crippen LogP contribution in [0.4, 0.5) is 10.1 Å². The van der Waals surface area contributed by atoms with Crippen molar-refractivity contribution in [1.29, 1.82) is 0 Å². The Kier molecular flexibility index (Phi) is 7.64. The van der Waals surface area contributed by atoms with Gasteiger partial charge in [0.15, 0.2) is 0 Å². The fraction of sp³-hybridized carbons (Fsp3) is 0.533. The molecule has 2 rings (SSSR count). The van der Waals surface area contributed by atoms with E-state index >= 15 is 0 Å². The maximum atomic E-state index is 13.4. The van der Waals surface area contributed by atoms with Crippen LogP contribution in [0.25, 0.3) is 0 Å². The molecule has 118 valence electrons. The number of carbonyl (C=O) groups is 1. The van der Waals surface area contributed by atoms with Gasteiger partial charge in [0.25, 0.3) is 0 Å². The van der Waals surface area contributed by atoms with Crippen molar-refractivity contribution in [1.82, 2.24) is 4.90 Å². The van der Waals surface area contributed by atoms with Gasteiger partial charge in [0.1, 0.15) is 5.82 Å². The summed E-state index contributed by atoms with van der Waals surface area (Å²) in [6.07, 6.45) is 3.28. The molecule has 3 N–H and O–H groups in total. The smallest absolute Gasteiger partial charge is 0.238 e. The molecule has 1 fully saturated rings. The van der Waals surface area contributed by atoms with Crippen molar-refractivity contribution in [2.24, 2.45) is 11.7 Å². The van der Waals surface area contributed by atoms with Gasteiger partial charge < -0.3 is 11.1 Å².